The zero-order valence-electron chi connectivity index (χ0n) is 14.3. The molecule has 1 unspecified atom stereocenters. The van der Waals surface area contributed by atoms with Crippen molar-refractivity contribution in [2.24, 2.45) is 5.92 Å². The molecule has 1 aliphatic rings. The number of benzene rings is 2. The number of ether oxygens (including phenoxy) is 1. The van der Waals surface area contributed by atoms with E-state index in [1.165, 1.54) is 0 Å². The fraction of sp³-hybridized carbons (Fsp3) is 0.300. The number of aromatic amines is 1. The number of aromatic nitrogens is 2. The summed E-state index contributed by atoms with van der Waals surface area (Å²) in [6.45, 7) is 4.14. The summed E-state index contributed by atoms with van der Waals surface area (Å²) in [4.78, 5) is 20.7. The van der Waals surface area contributed by atoms with Gasteiger partial charge in [-0.2, -0.15) is 0 Å². The van der Waals surface area contributed by atoms with Crippen molar-refractivity contribution in [3.05, 3.63) is 59.9 Å². The molecule has 1 aromatic heterocycles. The molecule has 0 saturated carbocycles. The van der Waals surface area contributed by atoms with Gasteiger partial charge >= 0.3 is 0 Å². The molecule has 2 N–H and O–H groups in total. The van der Waals surface area contributed by atoms with Crippen LogP contribution in [0.1, 0.15) is 31.3 Å². The number of nitrogens with one attached hydrogen (secondary N) is 2. The molecule has 2 atom stereocenters. The first-order valence-corrected chi connectivity index (χ1v) is 8.61. The number of carbonyl (C=O) groups is 1. The Morgan fingerprint density at radius 1 is 1.20 bits per heavy atom. The normalized spacial score (nSPS) is 17.3. The lowest BCUT2D eigenvalue weighted by atomic mass is 10.0. The van der Waals surface area contributed by atoms with Crippen LogP contribution in [-0.2, 0) is 11.2 Å². The van der Waals surface area contributed by atoms with Gasteiger partial charge in [-0.15, -0.1) is 0 Å². The molecular formula is C20H21N3O2. The van der Waals surface area contributed by atoms with E-state index in [0.717, 1.165) is 28.2 Å². The molecule has 25 heavy (non-hydrogen) atoms. The summed E-state index contributed by atoms with van der Waals surface area (Å²) in [5, 5.41) is 3.11. The Kier molecular flexibility index (Phi) is 3.92. The lowest BCUT2D eigenvalue weighted by molar-refractivity contribution is -0.128. The highest BCUT2D eigenvalue weighted by atomic mass is 16.5. The van der Waals surface area contributed by atoms with Crippen LogP contribution in [0.25, 0.3) is 11.0 Å². The first kappa shape index (κ1) is 15.7. The van der Waals surface area contributed by atoms with Gasteiger partial charge in [-0.3, -0.25) is 4.79 Å². The first-order chi connectivity index (χ1) is 12.1. The molecule has 5 heteroatoms. The van der Waals surface area contributed by atoms with Crippen LogP contribution in [0.3, 0.4) is 0 Å². The van der Waals surface area contributed by atoms with Crippen molar-refractivity contribution < 1.29 is 9.53 Å². The summed E-state index contributed by atoms with van der Waals surface area (Å²) in [7, 11) is 0. The molecule has 0 fully saturated rings. The van der Waals surface area contributed by atoms with Gasteiger partial charge in [0.1, 0.15) is 11.6 Å². The predicted molar refractivity (Wildman–Crippen MR) is 96.4 cm³/mol. The van der Waals surface area contributed by atoms with Crippen LogP contribution in [0.5, 0.6) is 5.75 Å². The van der Waals surface area contributed by atoms with E-state index in [-0.39, 0.29) is 17.9 Å². The van der Waals surface area contributed by atoms with Crippen molar-refractivity contribution >= 4 is 16.9 Å². The van der Waals surface area contributed by atoms with Crippen LogP contribution in [0.2, 0.25) is 0 Å². The fourth-order valence-electron chi connectivity index (χ4n) is 3.25. The summed E-state index contributed by atoms with van der Waals surface area (Å²) in [6.07, 6.45) is 0.121. The molecule has 4 rings (SSSR count). The number of hydrogen-bond acceptors (Lipinski definition) is 3. The molecule has 0 bridgehead atoms. The number of amides is 1. The Hall–Kier alpha value is -2.82. The average molecular weight is 335 g/mol. The maximum absolute atomic E-state index is 12.7. The zero-order valence-corrected chi connectivity index (χ0v) is 14.3. The van der Waals surface area contributed by atoms with Crippen molar-refractivity contribution in [3.8, 4) is 5.75 Å². The summed E-state index contributed by atoms with van der Waals surface area (Å²) in [6, 6.07) is 15.5. The highest BCUT2D eigenvalue weighted by molar-refractivity contribution is 5.83. The van der Waals surface area contributed by atoms with Crippen LogP contribution in [0.15, 0.2) is 48.5 Å². The Morgan fingerprint density at radius 2 is 1.96 bits per heavy atom. The lowest BCUT2D eigenvalue weighted by Crippen LogP contribution is -2.41. The number of para-hydroxylation sites is 3. The molecule has 2 aromatic carbocycles. The molecule has 0 radical (unpaired) electrons. The van der Waals surface area contributed by atoms with Crippen molar-refractivity contribution in [2.45, 2.75) is 32.4 Å². The first-order valence-electron chi connectivity index (χ1n) is 8.61. The number of rotatable bonds is 4. The molecule has 1 amide bonds. The summed E-state index contributed by atoms with van der Waals surface area (Å²) in [5.41, 5.74) is 2.95. The molecule has 128 valence electrons. The minimum Gasteiger partial charge on any atom is -0.480 e. The van der Waals surface area contributed by atoms with E-state index in [4.69, 9.17) is 4.74 Å². The van der Waals surface area contributed by atoms with E-state index in [2.05, 4.69) is 29.1 Å². The molecule has 0 saturated heterocycles. The van der Waals surface area contributed by atoms with Gasteiger partial charge in [0.05, 0.1) is 17.1 Å². The van der Waals surface area contributed by atoms with Gasteiger partial charge in [0.15, 0.2) is 6.10 Å². The predicted octanol–water partition coefficient (Wildman–Crippen LogP) is 3.38. The number of nitrogens with zero attached hydrogens (tertiary/aromatic N) is 1. The topological polar surface area (TPSA) is 67.0 Å². The van der Waals surface area contributed by atoms with Crippen molar-refractivity contribution in [2.75, 3.05) is 0 Å². The van der Waals surface area contributed by atoms with Gasteiger partial charge < -0.3 is 15.0 Å². The Morgan fingerprint density at radius 3 is 2.72 bits per heavy atom. The molecular weight excluding hydrogens is 314 g/mol. The van der Waals surface area contributed by atoms with Crippen molar-refractivity contribution in [1.82, 2.24) is 15.3 Å². The van der Waals surface area contributed by atoms with Crippen molar-refractivity contribution in [3.63, 3.8) is 0 Å². The largest absolute Gasteiger partial charge is 0.480 e. The average Bonchev–Trinajstić information content (AvgIpc) is 3.22. The maximum Gasteiger partial charge on any atom is 0.262 e. The van der Waals surface area contributed by atoms with E-state index in [0.29, 0.717) is 6.42 Å². The van der Waals surface area contributed by atoms with Crippen LogP contribution in [0, 0.1) is 5.92 Å². The number of imidazole rings is 1. The lowest BCUT2D eigenvalue weighted by Gasteiger charge is -2.22. The minimum atomic E-state index is -0.483. The summed E-state index contributed by atoms with van der Waals surface area (Å²) < 4.78 is 5.80. The van der Waals surface area contributed by atoms with Gasteiger partial charge in [0, 0.05) is 6.42 Å². The molecule has 1 aliphatic heterocycles. The number of hydrogen-bond donors (Lipinski definition) is 2. The number of carbonyl (C=O) groups excluding carboxylic acids is 1. The maximum atomic E-state index is 12.7. The van der Waals surface area contributed by atoms with E-state index >= 15 is 0 Å². The summed E-state index contributed by atoms with van der Waals surface area (Å²) in [5.74, 6) is 1.68. The number of H-pyrrole nitrogens is 1. The molecule has 0 spiro atoms. The third-order valence-electron chi connectivity index (χ3n) is 4.61. The van der Waals surface area contributed by atoms with E-state index in [1.54, 1.807) is 0 Å². The highest BCUT2D eigenvalue weighted by Gasteiger charge is 2.31. The van der Waals surface area contributed by atoms with E-state index < -0.39 is 6.10 Å². The Balaban J connectivity index is 1.53. The second-order valence-electron chi connectivity index (χ2n) is 6.79. The van der Waals surface area contributed by atoms with Gasteiger partial charge in [-0.1, -0.05) is 44.2 Å². The minimum absolute atomic E-state index is 0.102. The van der Waals surface area contributed by atoms with Crippen LogP contribution >= 0.6 is 0 Å². The van der Waals surface area contributed by atoms with Crippen molar-refractivity contribution in [1.29, 1.82) is 0 Å². The monoisotopic (exact) mass is 335 g/mol. The quantitative estimate of drug-likeness (QED) is 0.768. The van der Waals surface area contributed by atoms with Gasteiger partial charge in [0.2, 0.25) is 0 Å². The highest BCUT2D eigenvalue weighted by Crippen LogP contribution is 2.29. The van der Waals surface area contributed by atoms with Gasteiger partial charge in [-0.05, 0) is 29.7 Å². The van der Waals surface area contributed by atoms with Gasteiger partial charge in [0.25, 0.3) is 5.91 Å². The Bertz CT molecular complexity index is 858. The SMILES string of the molecule is CC(C)[C@H](NC(=O)C1Cc2ccccc2O1)c1nc2ccccc2[nH]1. The van der Waals surface area contributed by atoms with Crippen LogP contribution < -0.4 is 10.1 Å². The Labute approximate surface area is 146 Å². The van der Waals surface area contributed by atoms with Crippen LogP contribution in [-0.4, -0.2) is 22.0 Å². The standard InChI is InChI=1S/C20H21N3O2/c1-12(2)18(19-21-14-8-4-5-9-15(14)22-19)23-20(24)17-11-13-7-3-6-10-16(13)25-17/h3-10,12,17-18H,11H2,1-2H3,(H,21,22)(H,23,24)/t17?,18-/m0/s1. The smallest absolute Gasteiger partial charge is 0.262 e. The third-order valence-corrected chi connectivity index (χ3v) is 4.61. The zero-order chi connectivity index (χ0) is 17.4. The van der Waals surface area contributed by atoms with E-state index in [9.17, 15) is 4.79 Å². The molecule has 2 heterocycles. The molecule has 0 aliphatic carbocycles. The van der Waals surface area contributed by atoms with Crippen LogP contribution in [0.4, 0.5) is 0 Å². The second-order valence-corrected chi connectivity index (χ2v) is 6.79. The number of fused-ring (bicyclic) bond motifs is 2. The second kappa shape index (κ2) is 6.24. The third kappa shape index (κ3) is 2.97. The fourth-order valence-corrected chi connectivity index (χ4v) is 3.25. The summed E-state index contributed by atoms with van der Waals surface area (Å²) >= 11 is 0. The van der Waals surface area contributed by atoms with Gasteiger partial charge in [-0.25, -0.2) is 4.98 Å². The van der Waals surface area contributed by atoms with E-state index in [1.807, 2.05) is 48.5 Å². The molecule has 3 aromatic rings. The molecule has 5 nitrogen and oxygen atoms in total.